The highest BCUT2D eigenvalue weighted by Crippen LogP contribution is 2.37. The number of alkyl halides is 3. The molecule has 0 aliphatic carbocycles. The molecule has 1 amide bonds. The molecule has 18 heavy (non-hydrogen) atoms. The summed E-state index contributed by atoms with van der Waals surface area (Å²) in [5, 5.41) is 11.3. The van der Waals surface area contributed by atoms with E-state index in [1.807, 2.05) is 0 Å². The third-order valence-electron chi connectivity index (χ3n) is 2.67. The van der Waals surface area contributed by atoms with Crippen molar-refractivity contribution in [2.75, 3.05) is 6.61 Å². The molecule has 7 heteroatoms. The van der Waals surface area contributed by atoms with Crippen LogP contribution in [0.2, 0.25) is 0 Å². The fourth-order valence-corrected chi connectivity index (χ4v) is 1.88. The van der Waals surface area contributed by atoms with Gasteiger partial charge < -0.3 is 15.2 Å². The minimum atomic E-state index is -4.54. The molecule has 4 nitrogen and oxygen atoms in total. The summed E-state index contributed by atoms with van der Waals surface area (Å²) < 4.78 is 43.2. The standard InChI is InChI=1S/C11H10F3NO3/c12-11(13,14)7-4-2-1-3-6(7)9-8(5-16)15-10(17)18-9/h1-4,8-9,16H,5H2,(H,15,17). The third kappa shape index (κ3) is 2.26. The van der Waals surface area contributed by atoms with E-state index in [4.69, 9.17) is 9.84 Å². The number of nitrogens with one attached hydrogen (secondary N) is 1. The Labute approximate surface area is 100 Å². The maximum absolute atomic E-state index is 12.8. The highest BCUT2D eigenvalue weighted by molar-refractivity contribution is 5.70. The molecular formula is C11H10F3NO3. The lowest BCUT2D eigenvalue weighted by molar-refractivity contribution is -0.139. The number of alkyl carbamates (subject to hydrolysis) is 1. The van der Waals surface area contributed by atoms with Gasteiger partial charge in [0, 0.05) is 5.56 Å². The van der Waals surface area contributed by atoms with Crippen molar-refractivity contribution in [1.82, 2.24) is 5.32 Å². The van der Waals surface area contributed by atoms with E-state index in [1.165, 1.54) is 18.2 Å². The van der Waals surface area contributed by atoms with E-state index in [-0.39, 0.29) is 5.56 Å². The minimum Gasteiger partial charge on any atom is -0.439 e. The van der Waals surface area contributed by atoms with Crippen LogP contribution in [-0.2, 0) is 10.9 Å². The largest absolute Gasteiger partial charge is 0.439 e. The number of cyclic esters (lactones) is 1. The Hall–Kier alpha value is -1.76. The highest BCUT2D eigenvalue weighted by Gasteiger charge is 2.41. The van der Waals surface area contributed by atoms with Crippen molar-refractivity contribution in [2.24, 2.45) is 0 Å². The molecule has 1 aliphatic rings. The molecule has 2 rings (SSSR count). The molecule has 98 valence electrons. The van der Waals surface area contributed by atoms with Gasteiger partial charge in [-0.1, -0.05) is 18.2 Å². The van der Waals surface area contributed by atoms with E-state index in [2.05, 4.69) is 5.32 Å². The van der Waals surface area contributed by atoms with E-state index in [0.717, 1.165) is 6.07 Å². The average molecular weight is 261 g/mol. The summed E-state index contributed by atoms with van der Waals surface area (Å²) in [4.78, 5) is 11.0. The van der Waals surface area contributed by atoms with Gasteiger partial charge >= 0.3 is 12.3 Å². The normalized spacial score (nSPS) is 23.7. The summed E-state index contributed by atoms with van der Waals surface area (Å²) in [6.45, 7) is -0.497. The van der Waals surface area contributed by atoms with Gasteiger partial charge in [0.1, 0.15) is 0 Å². The molecule has 0 saturated carbocycles. The Morgan fingerprint density at radius 3 is 2.61 bits per heavy atom. The van der Waals surface area contributed by atoms with Gasteiger partial charge in [0.25, 0.3) is 0 Å². The summed E-state index contributed by atoms with van der Waals surface area (Å²) >= 11 is 0. The predicted octanol–water partition coefficient (Wildman–Crippen LogP) is 1.85. The van der Waals surface area contributed by atoms with Crippen LogP contribution in [0.1, 0.15) is 17.2 Å². The SMILES string of the molecule is O=C1NC(CO)C(c2ccccc2C(F)(F)F)O1. The lowest BCUT2D eigenvalue weighted by Gasteiger charge is -2.19. The molecule has 2 N–H and O–H groups in total. The molecule has 0 spiro atoms. The molecule has 1 aliphatic heterocycles. The first kappa shape index (κ1) is 12.7. The molecule has 1 saturated heterocycles. The van der Waals surface area contributed by atoms with Gasteiger partial charge in [0.15, 0.2) is 6.10 Å². The van der Waals surface area contributed by atoms with E-state index < -0.39 is 36.6 Å². The topological polar surface area (TPSA) is 58.6 Å². The minimum absolute atomic E-state index is 0.164. The van der Waals surface area contributed by atoms with Crippen molar-refractivity contribution in [3.63, 3.8) is 0 Å². The van der Waals surface area contributed by atoms with E-state index in [9.17, 15) is 18.0 Å². The van der Waals surface area contributed by atoms with Crippen LogP contribution in [0, 0.1) is 0 Å². The number of benzene rings is 1. The number of aliphatic hydroxyl groups is 1. The number of halogens is 3. The number of amides is 1. The molecule has 0 bridgehead atoms. The molecule has 0 radical (unpaired) electrons. The summed E-state index contributed by atoms with van der Waals surface area (Å²) in [7, 11) is 0. The second-order valence-electron chi connectivity index (χ2n) is 3.84. The summed E-state index contributed by atoms with van der Waals surface area (Å²) in [5.41, 5.74) is -1.03. The quantitative estimate of drug-likeness (QED) is 0.854. The second-order valence-corrected chi connectivity index (χ2v) is 3.84. The number of rotatable bonds is 2. The van der Waals surface area contributed by atoms with Gasteiger partial charge in [-0.15, -0.1) is 0 Å². The van der Waals surface area contributed by atoms with Crippen molar-refractivity contribution >= 4 is 6.09 Å². The van der Waals surface area contributed by atoms with Crippen molar-refractivity contribution < 1.29 is 27.8 Å². The first-order valence-electron chi connectivity index (χ1n) is 5.17. The summed E-state index contributed by atoms with van der Waals surface area (Å²) in [5.74, 6) is 0. The Kier molecular flexibility index (Phi) is 3.16. The number of ether oxygens (including phenoxy) is 1. The van der Waals surface area contributed by atoms with Crippen molar-refractivity contribution in [3.05, 3.63) is 35.4 Å². The van der Waals surface area contributed by atoms with Crippen LogP contribution < -0.4 is 5.32 Å². The fourth-order valence-electron chi connectivity index (χ4n) is 1.88. The van der Waals surface area contributed by atoms with E-state index in [0.29, 0.717) is 0 Å². The summed E-state index contributed by atoms with van der Waals surface area (Å²) in [6, 6.07) is 3.95. The predicted molar refractivity (Wildman–Crippen MR) is 54.7 cm³/mol. The van der Waals surface area contributed by atoms with Crippen molar-refractivity contribution in [1.29, 1.82) is 0 Å². The molecule has 2 unspecified atom stereocenters. The van der Waals surface area contributed by atoms with Crippen molar-refractivity contribution in [2.45, 2.75) is 18.3 Å². The monoisotopic (exact) mass is 261 g/mol. The number of carbonyl (C=O) groups excluding carboxylic acids is 1. The lowest BCUT2D eigenvalue weighted by Crippen LogP contribution is -2.31. The first-order valence-corrected chi connectivity index (χ1v) is 5.17. The summed E-state index contributed by atoms with van der Waals surface area (Å²) in [6.07, 6.45) is -6.51. The van der Waals surface area contributed by atoms with Crippen LogP contribution in [-0.4, -0.2) is 23.8 Å². The van der Waals surface area contributed by atoms with Crippen LogP contribution in [0.25, 0.3) is 0 Å². The Morgan fingerprint density at radius 1 is 1.33 bits per heavy atom. The molecular weight excluding hydrogens is 251 g/mol. The van der Waals surface area contributed by atoms with Crippen LogP contribution in [0.3, 0.4) is 0 Å². The van der Waals surface area contributed by atoms with Crippen LogP contribution in [0.5, 0.6) is 0 Å². The van der Waals surface area contributed by atoms with Gasteiger partial charge in [-0.3, -0.25) is 0 Å². The van der Waals surface area contributed by atoms with E-state index in [1.54, 1.807) is 0 Å². The smallest absolute Gasteiger partial charge is 0.416 e. The Balaban J connectivity index is 2.42. The average Bonchev–Trinajstić information content (AvgIpc) is 2.69. The van der Waals surface area contributed by atoms with Gasteiger partial charge in [-0.05, 0) is 6.07 Å². The number of carbonyl (C=O) groups is 1. The van der Waals surface area contributed by atoms with Crippen LogP contribution in [0.4, 0.5) is 18.0 Å². The van der Waals surface area contributed by atoms with Gasteiger partial charge in [-0.25, -0.2) is 4.79 Å². The molecule has 1 aromatic rings. The fraction of sp³-hybridized carbons (Fsp3) is 0.364. The van der Waals surface area contributed by atoms with Crippen LogP contribution >= 0.6 is 0 Å². The zero-order valence-electron chi connectivity index (χ0n) is 9.07. The van der Waals surface area contributed by atoms with Gasteiger partial charge in [0.05, 0.1) is 18.2 Å². The number of hydrogen-bond acceptors (Lipinski definition) is 3. The van der Waals surface area contributed by atoms with E-state index >= 15 is 0 Å². The van der Waals surface area contributed by atoms with Crippen molar-refractivity contribution in [3.8, 4) is 0 Å². The Bertz CT molecular complexity index is 461. The molecule has 2 atom stereocenters. The third-order valence-corrected chi connectivity index (χ3v) is 2.67. The molecule has 1 fully saturated rings. The lowest BCUT2D eigenvalue weighted by atomic mass is 9.97. The molecule has 0 aromatic heterocycles. The van der Waals surface area contributed by atoms with Gasteiger partial charge in [0.2, 0.25) is 0 Å². The maximum atomic E-state index is 12.8. The molecule has 1 aromatic carbocycles. The van der Waals surface area contributed by atoms with Crippen LogP contribution in [0.15, 0.2) is 24.3 Å². The zero-order chi connectivity index (χ0) is 13.3. The second kappa shape index (κ2) is 4.49. The highest BCUT2D eigenvalue weighted by atomic mass is 19.4. The number of hydrogen-bond donors (Lipinski definition) is 2. The first-order chi connectivity index (χ1) is 8.43. The Morgan fingerprint density at radius 2 is 2.00 bits per heavy atom. The van der Waals surface area contributed by atoms with Gasteiger partial charge in [-0.2, -0.15) is 13.2 Å². The number of aliphatic hydroxyl groups excluding tert-OH is 1. The zero-order valence-corrected chi connectivity index (χ0v) is 9.07. The maximum Gasteiger partial charge on any atom is 0.416 e. The molecule has 1 heterocycles.